The smallest absolute Gasteiger partial charge is 0.410 e. The molecule has 1 aliphatic carbocycles. The molecule has 2 saturated heterocycles. The third-order valence-electron chi connectivity index (χ3n) is 7.16. The first kappa shape index (κ1) is 24.0. The number of halogens is 1. The molecule has 2 aliphatic heterocycles. The van der Waals surface area contributed by atoms with E-state index in [1.807, 2.05) is 6.92 Å². The number of fused-ring (bicyclic) bond motifs is 3. The summed E-state index contributed by atoms with van der Waals surface area (Å²) in [5, 5.41) is 4.74. The first-order chi connectivity index (χ1) is 17.6. The summed E-state index contributed by atoms with van der Waals surface area (Å²) in [6.45, 7) is 2.75. The van der Waals surface area contributed by atoms with E-state index in [0.717, 1.165) is 25.2 Å². The zero-order chi connectivity index (χ0) is 25.9. The lowest BCUT2D eigenvalue weighted by molar-refractivity contribution is -0.0953. The molecule has 2 aromatic heterocycles. The Morgan fingerprint density at radius 1 is 1.19 bits per heavy atom. The van der Waals surface area contributed by atoms with Crippen molar-refractivity contribution < 1.29 is 31.8 Å². The zero-order valence-electron chi connectivity index (χ0n) is 20.3. The quantitative estimate of drug-likeness (QED) is 0.488. The van der Waals surface area contributed by atoms with Gasteiger partial charge in [0.1, 0.15) is 34.9 Å². The molecule has 2 bridgehead atoms. The highest BCUT2D eigenvalue weighted by Crippen LogP contribution is 2.41. The molecular weight excluding hydrogens is 505 g/mol. The molecule has 3 fully saturated rings. The van der Waals surface area contributed by atoms with Crippen LogP contribution < -0.4 is 4.74 Å². The number of hydrogen-bond acceptors (Lipinski definition) is 9. The minimum Gasteiger partial charge on any atom is -0.474 e. The van der Waals surface area contributed by atoms with Gasteiger partial charge in [0.25, 0.3) is 0 Å². The number of aromatic nitrogens is 4. The van der Waals surface area contributed by atoms with Crippen molar-refractivity contribution in [1.82, 2.24) is 24.6 Å². The number of amides is 1. The van der Waals surface area contributed by atoms with Crippen molar-refractivity contribution in [2.45, 2.75) is 61.3 Å². The molecule has 6 rings (SSSR count). The van der Waals surface area contributed by atoms with E-state index in [9.17, 15) is 17.6 Å². The SMILES string of the molecule is CC1(OC(=O)N2[C@H]3COC[C@H]2CC(Oc2ncnc4c2cnn4-c2ccc(S(C)(=O)=O)cc2F)C3)CC1. The van der Waals surface area contributed by atoms with Gasteiger partial charge in [-0.3, -0.25) is 4.90 Å². The lowest BCUT2D eigenvalue weighted by atomic mass is 9.92. The number of hydrogen-bond donors (Lipinski definition) is 0. The van der Waals surface area contributed by atoms with Crippen LogP contribution in [-0.4, -0.2) is 82.4 Å². The monoisotopic (exact) mass is 531 g/mol. The average molecular weight is 532 g/mol. The molecule has 1 amide bonds. The molecule has 0 unspecified atom stereocenters. The summed E-state index contributed by atoms with van der Waals surface area (Å²) < 4.78 is 57.3. The molecule has 3 aliphatic rings. The molecule has 196 valence electrons. The summed E-state index contributed by atoms with van der Waals surface area (Å²) in [4.78, 5) is 23.1. The third-order valence-corrected chi connectivity index (χ3v) is 8.27. The maximum atomic E-state index is 14.8. The van der Waals surface area contributed by atoms with Gasteiger partial charge in [-0.2, -0.15) is 5.10 Å². The predicted octanol–water partition coefficient (Wildman–Crippen LogP) is 2.66. The summed E-state index contributed by atoms with van der Waals surface area (Å²) in [6.07, 6.45) is 6.14. The second-order valence-corrected chi connectivity index (χ2v) is 12.2. The molecular formula is C24H26FN5O6S. The number of morpholine rings is 1. The van der Waals surface area contributed by atoms with Gasteiger partial charge in [-0.05, 0) is 38.0 Å². The van der Waals surface area contributed by atoms with Gasteiger partial charge in [-0.1, -0.05) is 0 Å². The second-order valence-electron chi connectivity index (χ2n) is 10.1. The van der Waals surface area contributed by atoms with E-state index in [-0.39, 0.29) is 40.5 Å². The van der Waals surface area contributed by atoms with Crippen LogP contribution in [0.3, 0.4) is 0 Å². The highest BCUT2D eigenvalue weighted by Gasteiger charge is 2.48. The summed E-state index contributed by atoms with van der Waals surface area (Å²) in [7, 11) is -3.56. The fourth-order valence-electron chi connectivity index (χ4n) is 4.94. The Hall–Kier alpha value is -3.32. The first-order valence-corrected chi connectivity index (χ1v) is 13.9. The highest BCUT2D eigenvalue weighted by molar-refractivity contribution is 7.90. The van der Waals surface area contributed by atoms with E-state index in [0.29, 0.717) is 43.0 Å². The number of carbonyl (C=O) groups is 1. The number of sulfone groups is 1. The molecule has 11 nitrogen and oxygen atoms in total. The van der Waals surface area contributed by atoms with Gasteiger partial charge in [0.15, 0.2) is 15.5 Å². The molecule has 37 heavy (non-hydrogen) atoms. The van der Waals surface area contributed by atoms with E-state index < -0.39 is 15.7 Å². The minimum atomic E-state index is -3.56. The standard InChI is InChI=1S/C24H26FN5O6S/c1-24(5-6-24)36-23(31)29-14-7-16(8-15(29)12-34-11-14)35-22-18-10-28-30(21(18)26-13-27-22)20-4-3-17(9-19(20)25)37(2,32)33/h3-4,9-10,13-16H,5-8,11-12H2,1-2H3/t14-,15-/m1/s1. The zero-order valence-corrected chi connectivity index (χ0v) is 21.1. The Labute approximate surface area is 212 Å². The molecule has 1 saturated carbocycles. The number of carbonyl (C=O) groups excluding carboxylic acids is 1. The molecule has 0 spiro atoms. The second kappa shape index (κ2) is 8.62. The number of rotatable bonds is 5. The lowest BCUT2D eigenvalue weighted by Gasteiger charge is -2.47. The molecule has 4 heterocycles. The van der Waals surface area contributed by atoms with Gasteiger partial charge >= 0.3 is 6.09 Å². The van der Waals surface area contributed by atoms with Crippen LogP contribution in [-0.2, 0) is 19.3 Å². The van der Waals surface area contributed by atoms with Crippen molar-refractivity contribution in [1.29, 1.82) is 0 Å². The fourth-order valence-corrected chi connectivity index (χ4v) is 5.57. The topological polar surface area (TPSA) is 126 Å². The molecule has 1 aromatic carbocycles. The summed E-state index contributed by atoms with van der Waals surface area (Å²) >= 11 is 0. The van der Waals surface area contributed by atoms with Crippen molar-refractivity contribution >= 4 is 27.0 Å². The van der Waals surface area contributed by atoms with E-state index in [2.05, 4.69) is 15.1 Å². The first-order valence-electron chi connectivity index (χ1n) is 12.1. The molecule has 3 aromatic rings. The van der Waals surface area contributed by atoms with Gasteiger partial charge in [0.2, 0.25) is 5.88 Å². The van der Waals surface area contributed by atoms with Gasteiger partial charge in [0, 0.05) is 19.1 Å². The Morgan fingerprint density at radius 2 is 1.92 bits per heavy atom. The van der Waals surface area contributed by atoms with E-state index in [1.165, 1.54) is 29.3 Å². The van der Waals surface area contributed by atoms with E-state index in [1.54, 1.807) is 4.90 Å². The van der Waals surface area contributed by atoms with Crippen LogP contribution in [0.25, 0.3) is 16.7 Å². The fraction of sp³-hybridized carbons (Fsp3) is 0.500. The average Bonchev–Trinajstić information content (AvgIpc) is 3.39. The van der Waals surface area contributed by atoms with Gasteiger partial charge in [0.05, 0.1) is 36.4 Å². The predicted molar refractivity (Wildman–Crippen MR) is 128 cm³/mol. The number of nitrogens with zero attached hydrogens (tertiary/aromatic N) is 5. The third kappa shape index (κ3) is 4.50. The summed E-state index contributed by atoms with van der Waals surface area (Å²) in [6, 6.07) is 3.28. The van der Waals surface area contributed by atoms with E-state index in [4.69, 9.17) is 14.2 Å². The minimum absolute atomic E-state index is 0.0508. The van der Waals surface area contributed by atoms with Gasteiger partial charge in [-0.25, -0.2) is 32.3 Å². The Morgan fingerprint density at radius 3 is 2.57 bits per heavy atom. The maximum Gasteiger partial charge on any atom is 0.410 e. The Bertz CT molecular complexity index is 1480. The van der Waals surface area contributed by atoms with Crippen LogP contribution in [0.4, 0.5) is 9.18 Å². The van der Waals surface area contributed by atoms with Crippen LogP contribution in [0.1, 0.15) is 32.6 Å². The van der Waals surface area contributed by atoms with Crippen molar-refractivity contribution in [2.24, 2.45) is 0 Å². The van der Waals surface area contributed by atoms with Crippen LogP contribution in [0, 0.1) is 5.82 Å². The largest absolute Gasteiger partial charge is 0.474 e. The van der Waals surface area contributed by atoms with Crippen molar-refractivity contribution in [3.63, 3.8) is 0 Å². The van der Waals surface area contributed by atoms with Gasteiger partial charge in [-0.15, -0.1) is 0 Å². The Kier molecular flexibility index (Phi) is 5.60. The van der Waals surface area contributed by atoms with Crippen LogP contribution in [0.5, 0.6) is 5.88 Å². The van der Waals surface area contributed by atoms with Crippen LogP contribution in [0.15, 0.2) is 35.6 Å². The molecule has 0 N–H and O–H groups in total. The lowest BCUT2D eigenvalue weighted by Crippen LogP contribution is -2.61. The maximum absolute atomic E-state index is 14.8. The van der Waals surface area contributed by atoms with Crippen molar-refractivity contribution in [3.05, 3.63) is 36.5 Å². The Balaban J connectivity index is 1.23. The summed E-state index contributed by atoms with van der Waals surface area (Å²) in [5.74, 6) is -0.448. The van der Waals surface area contributed by atoms with Crippen molar-refractivity contribution in [3.8, 4) is 11.6 Å². The number of ether oxygens (including phenoxy) is 3. The number of piperidine rings is 1. The van der Waals surface area contributed by atoms with Crippen LogP contribution >= 0.6 is 0 Å². The van der Waals surface area contributed by atoms with E-state index >= 15 is 0 Å². The normalized spacial score (nSPS) is 24.6. The number of benzene rings is 1. The summed E-state index contributed by atoms with van der Waals surface area (Å²) in [5.41, 5.74) is 0.0183. The molecule has 0 radical (unpaired) electrons. The molecule has 2 atom stereocenters. The van der Waals surface area contributed by atoms with Crippen LogP contribution in [0.2, 0.25) is 0 Å². The highest BCUT2D eigenvalue weighted by atomic mass is 32.2. The van der Waals surface area contributed by atoms with Gasteiger partial charge < -0.3 is 14.2 Å². The molecule has 13 heteroatoms. The van der Waals surface area contributed by atoms with Crippen molar-refractivity contribution in [2.75, 3.05) is 19.5 Å².